The summed E-state index contributed by atoms with van der Waals surface area (Å²) in [6.45, 7) is 0.739. The van der Waals surface area contributed by atoms with Crippen molar-refractivity contribution in [2.75, 3.05) is 0 Å². The number of rotatable bonds is 7. The smallest absolute Gasteiger partial charge is 0.387 e. The van der Waals surface area contributed by atoms with Crippen LogP contribution in [0.1, 0.15) is 42.4 Å². The van der Waals surface area contributed by atoms with E-state index in [9.17, 15) is 22.0 Å². The zero-order chi connectivity index (χ0) is 21.9. The second-order valence-electron chi connectivity index (χ2n) is 7.68. The normalized spacial score (nSPS) is 15.9. The van der Waals surface area contributed by atoms with Crippen molar-refractivity contribution in [1.82, 2.24) is 5.32 Å². The fourth-order valence-electron chi connectivity index (χ4n) is 3.90. The van der Waals surface area contributed by atoms with Gasteiger partial charge in [-0.2, -0.15) is 8.78 Å². The lowest BCUT2D eigenvalue weighted by molar-refractivity contribution is -0.123. The number of sulfone groups is 1. The number of hydrogen-bond donors (Lipinski definition) is 1. The van der Waals surface area contributed by atoms with Gasteiger partial charge in [-0.25, -0.2) is 8.42 Å². The first-order valence-electron chi connectivity index (χ1n) is 9.80. The van der Waals surface area contributed by atoms with E-state index in [0.717, 1.165) is 5.56 Å². The van der Waals surface area contributed by atoms with Crippen LogP contribution in [0.5, 0.6) is 5.75 Å². The Bertz CT molecular complexity index is 1010. The first kappa shape index (κ1) is 22.2. The van der Waals surface area contributed by atoms with Crippen LogP contribution in [0.25, 0.3) is 0 Å². The summed E-state index contributed by atoms with van der Waals surface area (Å²) >= 11 is 0. The van der Waals surface area contributed by atoms with E-state index in [1.807, 2.05) is 13.0 Å². The van der Waals surface area contributed by atoms with Crippen LogP contribution in [0, 0.1) is 13.8 Å². The minimum Gasteiger partial charge on any atom is -0.435 e. The van der Waals surface area contributed by atoms with Crippen LogP contribution in [0.3, 0.4) is 0 Å². The average molecular weight is 438 g/mol. The molecule has 8 heteroatoms. The minimum absolute atomic E-state index is 0.0184. The van der Waals surface area contributed by atoms with Crippen molar-refractivity contribution in [3.63, 3.8) is 0 Å². The molecule has 2 aromatic rings. The zero-order valence-electron chi connectivity index (χ0n) is 17.0. The number of amides is 1. The highest BCUT2D eigenvalue weighted by molar-refractivity contribution is 7.93. The summed E-state index contributed by atoms with van der Waals surface area (Å²) in [7, 11) is -3.89. The SMILES string of the molecule is Cc1ccc(C)c(S(=O)(=O)C2(C(=O)NCc3ccc(OC(F)F)cc3)CCCC2)c1. The van der Waals surface area contributed by atoms with Gasteiger partial charge in [0, 0.05) is 6.54 Å². The monoisotopic (exact) mass is 437 g/mol. The molecule has 0 aliphatic heterocycles. The van der Waals surface area contributed by atoms with Gasteiger partial charge in [-0.3, -0.25) is 4.79 Å². The number of carbonyl (C=O) groups is 1. The molecule has 0 unspecified atom stereocenters. The topological polar surface area (TPSA) is 72.5 Å². The van der Waals surface area contributed by atoms with Gasteiger partial charge < -0.3 is 10.1 Å². The van der Waals surface area contributed by atoms with Crippen LogP contribution < -0.4 is 10.1 Å². The summed E-state index contributed by atoms with van der Waals surface area (Å²) in [6.07, 6.45) is 1.87. The Morgan fingerprint density at radius 3 is 2.33 bits per heavy atom. The highest BCUT2D eigenvalue weighted by Gasteiger charge is 2.53. The van der Waals surface area contributed by atoms with Crippen molar-refractivity contribution in [3.05, 3.63) is 59.2 Å². The molecule has 30 heavy (non-hydrogen) atoms. The molecule has 0 bridgehead atoms. The Balaban J connectivity index is 1.82. The Morgan fingerprint density at radius 1 is 1.10 bits per heavy atom. The van der Waals surface area contributed by atoms with E-state index in [4.69, 9.17) is 0 Å². The molecule has 1 fully saturated rings. The lowest BCUT2D eigenvalue weighted by Gasteiger charge is -2.28. The maximum Gasteiger partial charge on any atom is 0.387 e. The van der Waals surface area contributed by atoms with E-state index in [0.29, 0.717) is 24.0 Å². The van der Waals surface area contributed by atoms with Crippen LogP contribution >= 0.6 is 0 Å². The number of carbonyl (C=O) groups excluding carboxylic acids is 1. The number of ether oxygens (including phenoxy) is 1. The fourth-order valence-corrected chi connectivity index (χ4v) is 6.30. The van der Waals surface area contributed by atoms with Crippen LogP contribution in [0.2, 0.25) is 0 Å². The maximum atomic E-state index is 13.6. The van der Waals surface area contributed by atoms with Crippen molar-refractivity contribution in [3.8, 4) is 5.75 Å². The van der Waals surface area contributed by atoms with Crippen LogP contribution in [0.4, 0.5) is 8.78 Å². The summed E-state index contributed by atoms with van der Waals surface area (Å²) < 4.78 is 54.5. The molecule has 5 nitrogen and oxygen atoms in total. The van der Waals surface area contributed by atoms with Gasteiger partial charge in [0.15, 0.2) is 14.6 Å². The molecule has 1 saturated carbocycles. The first-order valence-corrected chi connectivity index (χ1v) is 11.3. The van der Waals surface area contributed by atoms with Crippen LogP contribution in [0.15, 0.2) is 47.4 Å². The van der Waals surface area contributed by atoms with E-state index >= 15 is 0 Å². The highest BCUT2D eigenvalue weighted by atomic mass is 32.2. The number of hydrogen-bond acceptors (Lipinski definition) is 4. The molecule has 1 aliphatic carbocycles. The molecule has 0 atom stereocenters. The van der Waals surface area contributed by atoms with Crippen molar-refractivity contribution in [1.29, 1.82) is 0 Å². The van der Waals surface area contributed by atoms with E-state index in [1.165, 1.54) is 12.1 Å². The van der Waals surface area contributed by atoms with Gasteiger partial charge in [0.1, 0.15) is 5.75 Å². The van der Waals surface area contributed by atoms with Crippen LogP contribution in [-0.4, -0.2) is 25.7 Å². The molecule has 0 heterocycles. The molecule has 162 valence electrons. The van der Waals surface area contributed by atoms with E-state index < -0.39 is 27.1 Å². The van der Waals surface area contributed by atoms with Crippen molar-refractivity contribution in [2.45, 2.75) is 62.3 Å². The standard InChI is InChI=1S/C22H25F2NO4S/c1-15-5-6-16(2)19(13-15)30(27,28)22(11-3-4-12-22)20(26)25-14-17-7-9-18(10-8-17)29-21(23)24/h5-10,13,21H,3-4,11-12,14H2,1-2H3,(H,25,26). The zero-order valence-corrected chi connectivity index (χ0v) is 17.8. The minimum atomic E-state index is -3.89. The van der Waals surface area contributed by atoms with Gasteiger partial charge in [0.05, 0.1) is 4.90 Å². The number of benzene rings is 2. The molecule has 0 saturated heterocycles. The lowest BCUT2D eigenvalue weighted by atomic mass is 10.1. The van der Waals surface area contributed by atoms with Gasteiger partial charge in [0.25, 0.3) is 0 Å². The Hall–Kier alpha value is -2.48. The first-order chi connectivity index (χ1) is 14.2. The predicted molar refractivity (Wildman–Crippen MR) is 109 cm³/mol. The number of halogens is 2. The van der Waals surface area contributed by atoms with Crippen LogP contribution in [-0.2, 0) is 21.2 Å². The van der Waals surface area contributed by atoms with Gasteiger partial charge in [0.2, 0.25) is 5.91 Å². The van der Waals surface area contributed by atoms with Crippen molar-refractivity contribution >= 4 is 15.7 Å². The summed E-state index contributed by atoms with van der Waals surface area (Å²) in [6, 6.07) is 11.1. The molecule has 0 aromatic heterocycles. The van der Waals surface area contributed by atoms with Crippen molar-refractivity contribution < 1.29 is 26.7 Å². The Kier molecular flexibility index (Phi) is 6.45. The summed E-state index contributed by atoms with van der Waals surface area (Å²) in [4.78, 5) is 13.4. The van der Waals surface area contributed by atoms with Gasteiger partial charge >= 0.3 is 6.61 Å². The second kappa shape index (κ2) is 8.71. The summed E-state index contributed by atoms with van der Waals surface area (Å²) in [5.41, 5.74) is 2.09. The maximum absolute atomic E-state index is 13.6. The Labute approximate surface area is 175 Å². The van der Waals surface area contributed by atoms with Gasteiger partial charge in [-0.05, 0) is 61.6 Å². The van der Waals surface area contributed by atoms with E-state index in [2.05, 4.69) is 10.1 Å². The third-order valence-electron chi connectivity index (χ3n) is 5.57. The quantitative estimate of drug-likeness (QED) is 0.701. The average Bonchev–Trinajstić information content (AvgIpc) is 3.20. The van der Waals surface area contributed by atoms with E-state index in [1.54, 1.807) is 31.2 Å². The molecule has 2 aromatic carbocycles. The third kappa shape index (κ3) is 4.33. The molecule has 1 N–H and O–H groups in total. The van der Waals surface area contributed by atoms with Gasteiger partial charge in [-0.15, -0.1) is 0 Å². The number of alkyl halides is 2. The lowest BCUT2D eigenvalue weighted by Crippen LogP contribution is -2.50. The van der Waals surface area contributed by atoms with Gasteiger partial charge in [-0.1, -0.05) is 37.1 Å². The molecule has 1 aliphatic rings. The molecular formula is C22H25F2NO4S. The molecule has 0 spiro atoms. The summed E-state index contributed by atoms with van der Waals surface area (Å²) in [5, 5.41) is 2.74. The predicted octanol–water partition coefficient (Wildman–Crippen LogP) is 4.31. The Morgan fingerprint density at radius 2 is 1.73 bits per heavy atom. The third-order valence-corrected chi connectivity index (χ3v) is 8.22. The largest absolute Gasteiger partial charge is 0.435 e. The molecule has 1 amide bonds. The molecule has 3 rings (SSSR count). The number of aryl methyl sites for hydroxylation is 2. The van der Waals surface area contributed by atoms with Crippen molar-refractivity contribution in [2.24, 2.45) is 0 Å². The number of nitrogens with one attached hydrogen (secondary N) is 1. The molecule has 0 radical (unpaired) electrons. The highest BCUT2D eigenvalue weighted by Crippen LogP contribution is 2.41. The fraction of sp³-hybridized carbons (Fsp3) is 0.409. The van der Waals surface area contributed by atoms with E-state index in [-0.39, 0.29) is 30.0 Å². The second-order valence-corrected chi connectivity index (χ2v) is 9.91. The molecular weight excluding hydrogens is 412 g/mol. The summed E-state index contributed by atoms with van der Waals surface area (Å²) in [5.74, 6) is -0.501.